The minimum Gasteiger partial charge on any atom is -0.324 e. The van der Waals surface area contributed by atoms with Crippen LogP contribution in [0.25, 0.3) is 0 Å². The molecule has 0 radical (unpaired) electrons. The maximum absolute atomic E-state index is 12.7. The molecule has 4 nitrogen and oxygen atoms in total. The van der Waals surface area contributed by atoms with E-state index in [0.717, 1.165) is 16.7 Å². The van der Waals surface area contributed by atoms with Gasteiger partial charge in [0.05, 0.1) is 16.6 Å². The zero-order chi connectivity index (χ0) is 19.0. The zero-order valence-corrected chi connectivity index (χ0v) is 16.4. The second kappa shape index (κ2) is 7.29. The van der Waals surface area contributed by atoms with Crippen LogP contribution in [0.5, 0.6) is 0 Å². The van der Waals surface area contributed by atoms with Gasteiger partial charge in [0.25, 0.3) is 0 Å². The van der Waals surface area contributed by atoms with Crippen molar-refractivity contribution in [3.63, 3.8) is 0 Å². The second-order valence-electron chi connectivity index (χ2n) is 6.77. The molecule has 1 unspecified atom stereocenters. The Morgan fingerprint density at radius 3 is 2.46 bits per heavy atom. The highest BCUT2D eigenvalue weighted by atomic mass is 35.5. The van der Waals surface area contributed by atoms with E-state index in [1.54, 1.807) is 11.0 Å². The number of nitrogens with zero attached hydrogens (tertiary/aromatic N) is 1. The van der Waals surface area contributed by atoms with Crippen molar-refractivity contribution in [2.45, 2.75) is 27.2 Å². The van der Waals surface area contributed by atoms with E-state index in [4.69, 9.17) is 23.2 Å². The molecule has 1 N–H and O–H groups in total. The van der Waals surface area contributed by atoms with Crippen molar-refractivity contribution in [1.29, 1.82) is 0 Å². The molecule has 0 bridgehead atoms. The number of hydrogen-bond acceptors (Lipinski definition) is 2. The summed E-state index contributed by atoms with van der Waals surface area (Å²) in [6.07, 6.45) is 0.167. The summed E-state index contributed by atoms with van der Waals surface area (Å²) >= 11 is 12.4. The van der Waals surface area contributed by atoms with Crippen molar-refractivity contribution in [2.75, 3.05) is 16.8 Å². The zero-order valence-electron chi connectivity index (χ0n) is 14.9. The lowest BCUT2D eigenvalue weighted by molar-refractivity contribution is -0.122. The van der Waals surface area contributed by atoms with Crippen LogP contribution in [0.1, 0.15) is 23.1 Å². The van der Waals surface area contributed by atoms with Gasteiger partial charge in [-0.3, -0.25) is 9.59 Å². The molecule has 1 aliphatic rings. The fraction of sp³-hybridized carbons (Fsp3) is 0.300. The van der Waals surface area contributed by atoms with Gasteiger partial charge in [0, 0.05) is 23.7 Å². The molecule has 2 aromatic rings. The molecule has 1 heterocycles. The lowest BCUT2D eigenvalue weighted by atomic mass is 10.1. The van der Waals surface area contributed by atoms with E-state index in [-0.39, 0.29) is 18.2 Å². The average Bonchev–Trinajstić information content (AvgIpc) is 2.95. The quantitative estimate of drug-likeness (QED) is 0.808. The Morgan fingerprint density at radius 2 is 1.81 bits per heavy atom. The third-order valence-electron chi connectivity index (χ3n) is 4.64. The third-order valence-corrected chi connectivity index (χ3v) is 5.35. The van der Waals surface area contributed by atoms with Crippen LogP contribution in [0.15, 0.2) is 30.3 Å². The van der Waals surface area contributed by atoms with Crippen LogP contribution in [-0.4, -0.2) is 18.4 Å². The Balaban J connectivity index is 1.76. The number of carbonyl (C=O) groups excluding carboxylic acids is 2. The lowest BCUT2D eigenvalue weighted by Gasteiger charge is -2.18. The fourth-order valence-corrected chi connectivity index (χ4v) is 3.72. The van der Waals surface area contributed by atoms with E-state index in [9.17, 15) is 9.59 Å². The lowest BCUT2D eigenvalue weighted by Crippen LogP contribution is -2.28. The van der Waals surface area contributed by atoms with E-state index in [1.807, 2.05) is 45.0 Å². The van der Waals surface area contributed by atoms with Gasteiger partial charge in [-0.15, -0.1) is 0 Å². The van der Waals surface area contributed by atoms with Crippen molar-refractivity contribution in [2.24, 2.45) is 5.92 Å². The Morgan fingerprint density at radius 1 is 1.08 bits per heavy atom. The van der Waals surface area contributed by atoms with Crippen LogP contribution < -0.4 is 10.2 Å². The van der Waals surface area contributed by atoms with E-state index >= 15 is 0 Å². The molecule has 26 heavy (non-hydrogen) atoms. The number of benzene rings is 2. The molecule has 2 aromatic carbocycles. The van der Waals surface area contributed by atoms with Gasteiger partial charge in [-0.1, -0.05) is 35.3 Å². The molecule has 0 aromatic heterocycles. The smallest absolute Gasteiger partial charge is 0.229 e. The van der Waals surface area contributed by atoms with E-state index in [2.05, 4.69) is 5.32 Å². The predicted octanol–water partition coefficient (Wildman–Crippen LogP) is 4.91. The summed E-state index contributed by atoms with van der Waals surface area (Å²) in [4.78, 5) is 26.7. The molecule has 0 spiro atoms. The fourth-order valence-electron chi connectivity index (χ4n) is 3.18. The predicted molar refractivity (Wildman–Crippen MR) is 106 cm³/mol. The minimum absolute atomic E-state index is 0.0863. The van der Waals surface area contributed by atoms with Gasteiger partial charge < -0.3 is 10.2 Å². The normalized spacial score (nSPS) is 16.9. The van der Waals surface area contributed by atoms with Crippen LogP contribution in [0.2, 0.25) is 10.0 Å². The number of carbonyl (C=O) groups is 2. The van der Waals surface area contributed by atoms with Gasteiger partial charge in [0.2, 0.25) is 11.8 Å². The summed E-state index contributed by atoms with van der Waals surface area (Å²) in [6.45, 7) is 6.08. The molecule has 6 heteroatoms. The van der Waals surface area contributed by atoms with Gasteiger partial charge in [-0.2, -0.15) is 0 Å². The number of hydrogen-bond donors (Lipinski definition) is 1. The van der Waals surface area contributed by atoms with Crippen molar-refractivity contribution in [1.82, 2.24) is 0 Å². The number of rotatable bonds is 3. The second-order valence-corrected chi connectivity index (χ2v) is 7.58. The molecule has 0 aliphatic carbocycles. The largest absolute Gasteiger partial charge is 0.324 e. The molecule has 1 saturated heterocycles. The SMILES string of the molecule is Cc1cc(C)c(NC(=O)C2CC(=O)N(c3ccc(C)c(Cl)c3)C2)c(Cl)c1. The maximum atomic E-state index is 12.7. The van der Waals surface area contributed by atoms with Crippen LogP contribution in [-0.2, 0) is 9.59 Å². The number of nitrogens with one attached hydrogen (secondary N) is 1. The summed E-state index contributed by atoms with van der Waals surface area (Å²) in [5.74, 6) is -0.718. The molecule has 3 rings (SSSR count). The van der Waals surface area contributed by atoms with Crippen molar-refractivity contribution in [3.05, 3.63) is 57.1 Å². The van der Waals surface area contributed by atoms with Gasteiger partial charge in [0.1, 0.15) is 0 Å². The average molecular weight is 391 g/mol. The van der Waals surface area contributed by atoms with Crippen LogP contribution in [0, 0.1) is 26.7 Å². The van der Waals surface area contributed by atoms with Gasteiger partial charge >= 0.3 is 0 Å². The van der Waals surface area contributed by atoms with Gasteiger partial charge in [-0.25, -0.2) is 0 Å². The first-order valence-corrected chi connectivity index (χ1v) is 9.16. The highest BCUT2D eigenvalue weighted by molar-refractivity contribution is 6.34. The summed E-state index contributed by atoms with van der Waals surface area (Å²) in [5, 5.41) is 3.99. The first kappa shape index (κ1) is 18.7. The molecule has 0 saturated carbocycles. The van der Waals surface area contributed by atoms with Crippen LogP contribution in [0.4, 0.5) is 11.4 Å². The van der Waals surface area contributed by atoms with Crippen molar-refractivity contribution >= 4 is 46.4 Å². The summed E-state index contributed by atoms with van der Waals surface area (Å²) in [7, 11) is 0. The molecule has 2 amide bonds. The topological polar surface area (TPSA) is 49.4 Å². The van der Waals surface area contributed by atoms with Crippen molar-refractivity contribution in [3.8, 4) is 0 Å². The molecule has 1 fully saturated rings. The number of amides is 2. The standard InChI is InChI=1S/C20H20Cl2N2O2/c1-11-6-13(3)19(17(22)7-11)23-20(26)14-8-18(25)24(10-14)15-5-4-12(2)16(21)9-15/h4-7,9,14H,8,10H2,1-3H3,(H,23,26). The van der Waals surface area contributed by atoms with Gasteiger partial charge in [-0.05, 0) is 55.7 Å². The third kappa shape index (κ3) is 3.71. The van der Waals surface area contributed by atoms with Gasteiger partial charge in [0.15, 0.2) is 0 Å². The molecule has 1 atom stereocenters. The maximum Gasteiger partial charge on any atom is 0.229 e. The minimum atomic E-state index is -0.431. The molecular formula is C20H20Cl2N2O2. The van der Waals surface area contributed by atoms with Crippen LogP contribution in [0.3, 0.4) is 0 Å². The van der Waals surface area contributed by atoms with E-state index in [0.29, 0.717) is 28.0 Å². The first-order chi connectivity index (χ1) is 12.3. The highest BCUT2D eigenvalue weighted by Crippen LogP contribution is 2.31. The summed E-state index contributed by atoms with van der Waals surface area (Å²) in [6, 6.07) is 9.25. The number of anilines is 2. The number of aryl methyl sites for hydroxylation is 3. The Kier molecular flexibility index (Phi) is 5.26. The summed E-state index contributed by atoms with van der Waals surface area (Å²) < 4.78 is 0. The first-order valence-electron chi connectivity index (χ1n) is 8.40. The van der Waals surface area contributed by atoms with Crippen LogP contribution >= 0.6 is 23.2 Å². The highest BCUT2D eigenvalue weighted by Gasteiger charge is 2.35. The number of halogens is 2. The molecule has 1 aliphatic heterocycles. The Hall–Kier alpha value is -2.04. The molecular weight excluding hydrogens is 371 g/mol. The molecule has 136 valence electrons. The summed E-state index contributed by atoms with van der Waals surface area (Å²) in [5.41, 5.74) is 4.19. The monoisotopic (exact) mass is 390 g/mol. The Bertz CT molecular complexity index is 872. The van der Waals surface area contributed by atoms with E-state index in [1.165, 1.54) is 0 Å². The van der Waals surface area contributed by atoms with Crippen molar-refractivity contribution < 1.29 is 9.59 Å². The Labute approximate surface area is 163 Å². The van der Waals surface area contributed by atoms with E-state index < -0.39 is 5.92 Å².